The molecule has 0 aromatic rings. The molecule has 1 N–H and O–H groups in total. The van der Waals surface area contributed by atoms with Crippen LogP contribution in [0, 0.1) is 0 Å². The van der Waals surface area contributed by atoms with Crippen molar-refractivity contribution in [2.45, 2.75) is 89.2 Å². The molecule has 1 unspecified atom stereocenters. The molecular weight excluding hydrogens is 356 g/mol. The maximum absolute atomic E-state index is 13.8. The molecule has 0 aliphatic carbocycles. The topological polar surface area (TPSA) is 66.8 Å². The normalized spacial score (nSPS) is 20.4. The van der Waals surface area contributed by atoms with Gasteiger partial charge in [0.15, 0.2) is 0 Å². The zero-order valence-corrected chi connectivity index (χ0v) is 16.5. The average Bonchev–Trinajstić information content (AvgIpc) is 2.85. The Morgan fingerprint density at radius 3 is 2.67 bits per heavy atom. The van der Waals surface area contributed by atoms with E-state index in [1.807, 2.05) is 0 Å². The zero-order valence-electron chi connectivity index (χ0n) is 16.5. The Hall–Kier alpha value is -1.50. The van der Waals surface area contributed by atoms with Crippen molar-refractivity contribution in [3.63, 3.8) is 0 Å². The first kappa shape index (κ1) is 23.5. The molecule has 0 bridgehead atoms. The van der Waals surface area contributed by atoms with E-state index in [1.54, 1.807) is 12.2 Å². The summed E-state index contributed by atoms with van der Waals surface area (Å²) in [6.45, 7) is 2.33. The van der Waals surface area contributed by atoms with Crippen LogP contribution in [0.15, 0.2) is 12.2 Å². The number of alkyl halides is 2. The van der Waals surface area contributed by atoms with Crippen molar-refractivity contribution in [2.24, 2.45) is 0 Å². The van der Waals surface area contributed by atoms with Crippen molar-refractivity contribution in [1.29, 1.82) is 0 Å². The number of carbonyl (C=O) groups is 2. The molecule has 156 valence electrons. The summed E-state index contributed by atoms with van der Waals surface area (Å²) in [6.07, 6.45) is 8.61. The second-order valence-corrected chi connectivity index (χ2v) is 7.16. The summed E-state index contributed by atoms with van der Waals surface area (Å²) >= 11 is 0. The standard InChI is InChI=1S/C20H33F2NO4/c1-3-4-7-10-17(24)13-12-16-15-20(21,22)19(26)23(16)14-9-6-5-8-11-18(25)27-2/h12-13,16-17,24H,3-11,14-15H2,1-2H3/b13-12+/t16?,17-/m0/s1. The maximum atomic E-state index is 13.8. The number of hydrogen-bond donors (Lipinski definition) is 1. The Morgan fingerprint density at radius 2 is 2.00 bits per heavy atom. The largest absolute Gasteiger partial charge is 0.469 e. The van der Waals surface area contributed by atoms with Crippen LogP contribution >= 0.6 is 0 Å². The highest BCUT2D eigenvalue weighted by Gasteiger charge is 2.52. The van der Waals surface area contributed by atoms with Crippen LogP contribution in [0.2, 0.25) is 0 Å². The van der Waals surface area contributed by atoms with E-state index in [2.05, 4.69) is 11.7 Å². The van der Waals surface area contributed by atoms with Crippen LogP contribution in [0.5, 0.6) is 0 Å². The van der Waals surface area contributed by atoms with Crippen molar-refractivity contribution in [3.05, 3.63) is 12.2 Å². The predicted octanol–water partition coefficient (Wildman–Crippen LogP) is 3.84. The van der Waals surface area contributed by atoms with Crippen molar-refractivity contribution in [1.82, 2.24) is 4.90 Å². The Kier molecular flexibility index (Phi) is 10.5. The fourth-order valence-corrected chi connectivity index (χ4v) is 3.22. The SMILES string of the molecule is CCCCC[C@H](O)/C=C/C1CC(F)(F)C(=O)N1CCCCCCC(=O)OC. The van der Waals surface area contributed by atoms with Gasteiger partial charge < -0.3 is 14.7 Å². The third kappa shape index (κ3) is 8.37. The number of carbonyl (C=O) groups excluding carboxylic acids is 2. The Bertz CT molecular complexity index is 496. The van der Waals surface area contributed by atoms with Gasteiger partial charge in [0.1, 0.15) is 0 Å². The molecule has 1 heterocycles. The van der Waals surface area contributed by atoms with Gasteiger partial charge in [-0.05, 0) is 19.3 Å². The number of amides is 1. The number of ether oxygens (including phenoxy) is 1. The van der Waals surface area contributed by atoms with Crippen molar-refractivity contribution < 1.29 is 28.2 Å². The molecule has 5 nitrogen and oxygen atoms in total. The summed E-state index contributed by atoms with van der Waals surface area (Å²) in [6, 6.07) is -0.677. The van der Waals surface area contributed by atoms with Gasteiger partial charge in [0.2, 0.25) is 0 Å². The number of rotatable bonds is 13. The first-order chi connectivity index (χ1) is 12.8. The molecule has 2 atom stereocenters. The number of unbranched alkanes of at least 4 members (excludes halogenated alkanes) is 5. The highest BCUT2D eigenvalue weighted by atomic mass is 19.3. The van der Waals surface area contributed by atoms with E-state index in [-0.39, 0.29) is 12.5 Å². The molecule has 1 rings (SSSR count). The van der Waals surface area contributed by atoms with Crippen molar-refractivity contribution in [3.8, 4) is 0 Å². The third-order valence-corrected chi connectivity index (χ3v) is 4.86. The van der Waals surface area contributed by atoms with E-state index in [0.717, 1.165) is 32.1 Å². The van der Waals surface area contributed by atoms with Crippen LogP contribution in [0.25, 0.3) is 0 Å². The molecule has 0 saturated carbocycles. The number of nitrogens with zero attached hydrogens (tertiary/aromatic N) is 1. The Morgan fingerprint density at radius 1 is 1.30 bits per heavy atom. The first-order valence-electron chi connectivity index (χ1n) is 9.94. The lowest BCUT2D eigenvalue weighted by atomic mass is 10.1. The number of aliphatic hydroxyl groups is 1. The number of esters is 1. The molecule has 7 heteroatoms. The molecule has 0 radical (unpaired) electrons. The lowest BCUT2D eigenvalue weighted by Crippen LogP contribution is -2.36. The quantitative estimate of drug-likeness (QED) is 0.295. The summed E-state index contributed by atoms with van der Waals surface area (Å²) in [5, 5.41) is 9.94. The highest BCUT2D eigenvalue weighted by molar-refractivity contribution is 5.86. The smallest absolute Gasteiger partial charge is 0.327 e. The summed E-state index contributed by atoms with van der Waals surface area (Å²) in [5.41, 5.74) is 0. The maximum Gasteiger partial charge on any atom is 0.327 e. The minimum absolute atomic E-state index is 0.257. The monoisotopic (exact) mass is 389 g/mol. The lowest BCUT2D eigenvalue weighted by molar-refractivity contribution is -0.148. The molecule has 1 fully saturated rings. The van der Waals surface area contributed by atoms with Crippen LogP contribution in [-0.2, 0) is 14.3 Å². The van der Waals surface area contributed by atoms with Crippen LogP contribution in [-0.4, -0.2) is 53.6 Å². The third-order valence-electron chi connectivity index (χ3n) is 4.86. The fraction of sp³-hybridized carbons (Fsp3) is 0.800. The van der Waals surface area contributed by atoms with Crippen molar-refractivity contribution in [2.75, 3.05) is 13.7 Å². The second kappa shape index (κ2) is 12.1. The lowest BCUT2D eigenvalue weighted by Gasteiger charge is -2.22. The number of aliphatic hydroxyl groups excluding tert-OH is 1. The van der Waals surface area contributed by atoms with E-state index in [1.165, 1.54) is 12.0 Å². The molecule has 1 aliphatic heterocycles. The molecule has 1 saturated heterocycles. The fourth-order valence-electron chi connectivity index (χ4n) is 3.22. The summed E-state index contributed by atoms with van der Waals surface area (Å²) in [7, 11) is 1.34. The van der Waals surface area contributed by atoms with E-state index in [4.69, 9.17) is 0 Å². The van der Waals surface area contributed by atoms with Gasteiger partial charge >= 0.3 is 11.9 Å². The average molecular weight is 389 g/mol. The van der Waals surface area contributed by atoms with Crippen LogP contribution < -0.4 is 0 Å². The van der Waals surface area contributed by atoms with Gasteiger partial charge in [0.05, 0.1) is 19.3 Å². The van der Waals surface area contributed by atoms with Crippen molar-refractivity contribution >= 4 is 11.9 Å². The highest BCUT2D eigenvalue weighted by Crippen LogP contribution is 2.34. The Labute approximate surface area is 160 Å². The van der Waals surface area contributed by atoms with Crippen LogP contribution in [0.4, 0.5) is 8.78 Å². The van der Waals surface area contributed by atoms with Gasteiger partial charge in [-0.1, -0.05) is 51.2 Å². The molecular formula is C20H33F2NO4. The molecule has 0 aromatic carbocycles. The van der Waals surface area contributed by atoms with Gasteiger partial charge in [-0.3, -0.25) is 9.59 Å². The van der Waals surface area contributed by atoms with Gasteiger partial charge in [-0.2, -0.15) is 8.78 Å². The van der Waals surface area contributed by atoms with E-state index in [9.17, 15) is 23.5 Å². The minimum Gasteiger partial charge on any atom is -0.469 e. The molecule has 1 amide bonds. The molecule has 1 aliphatic rings. The number of likely N-dealkylation sites (tertiary alicyclic amines) is 1. The van der Waals surface area contributed by atoms with E-state index in [0.29, 0.717) is 25.7 Å². The van der Waals surface area contributed by atoms with Gasteiger partial charge in [0.25, 0.3) is 5.91 Å². The summed E-state index contributed by atoms with van der Waals surface area (Å²) in [5.74, 6) is -4.73. The van der Waals surface area contributed by atoms with E-state index < -0.39 is 30.4 Å². The van der Waals surface area contributed by atoms with Gasteiger partial charge in [-0.25, -0.2) is 0 Å². The number of methoxy groups -OCH3 is 1. The van der Waals surface area contributed by atoms with Gasteiger partial charge in [-0.15, -0.1) is 0 Å². The minimum atomic E-state index is -3.34. The second-order valence-electron chi connectivity index (χ2n) is 7.16. The summed E-state index contributed by atoms with van der Waals surface area (Å²) in [4.78, 5) is 24.2. The van der Waals surface area contributed by atoms with Crippen LogP contribution in [0.1, 0.15) is 71.1 Å². The predicted molar refractivity (Wildman–Crippen MR) is 99.5 cm³/mol. The molecule has 0 aromatic heterocycles. The molecule has 0 spiro atoms. The summed E-state index contributed by atoms with van der Waals surface area (Å²) < 4.78 is 32.2. The first-order valence-corrected chi connectivity index (χ1v) is 9.94. The number of hydrogen-bond acceptors (Lipinski definition) is 4. The molecule has 27 heavy (non-hydrogen) atoms. The van der Waals surface area contributed by atoms with Crippen LogP contribution in [0.3, 0.4) is 0 Å². The Balaban J connectivity index is 2.45. The zero-order chi connectivity index (χ0) is 20.3. The van der Waals surface area contributed by atoms with Gasteiger partial charge in [0, 0.05) is 19.4 Å². The number of halogens is 2. The van der Waals surface area contributed by atoms with E-state index >= 15 is 0 Å².